The first kappa shape index (κ1) is 17.3. The summed E-state index contributed by atoms with van der Waals surface area (Å²) in [5.41, 5.74) is 0. The van der Waals surface area contributed by atoms with E-state index in [9.17, 15) is 14.7 Å². The van der Waals surface area contributed by atoms with Crippen LogP contribution in [0.2, 0.25) is 0 Å². The van der Waals surface area contributed by atoms with Gasteiger partial charge in [-0.2, -0.15) is 0 Å². The molecular weight excluding hydrogens is 312 g/mol. The van der Waals surface area contributed by atoms with Crippen LogP contribution in [0.15, 0.2) is 36.5 Å². The summed E-state index contributed by atoms with van der Waals surface area (Å²) >= 11 is 1.27. The molecule has 1 aromatic carbocycles. The van der Waals surface area contributed by atoms with Crippen molar-refractivity contribution in [2.45, 2.75) is 13.8 Å². The number of benzene rings is 1. The standard InChI is InChI=1S/C17H20N2O3S/c1-12(11-23-13(2)20)9-19(10-16(21)22)17-15-6-4-3-5-14(15)7-8-18-17/h3-8,12H,9-11H2,1-2H3,(H,21,22). The zero-order chi connectivity index (χ0) is 16.8. The van der Waals surface area contributed by atoms with Crippen LogP contribution in [0.25, 0.3) is 10.8 Å². The van der Waals surface area contributed by atoms with E-state index >= 15 is 0 Å². The SMILES string of the molecule is CC(=O)SCC(C)CN(CC(=O)O)c1nccc2ccccc12. The molecule has 0 saturated heterocycles. The van der Waals surface area contributed by atoms with E-state index in [0.29, 0.717) is 18.1 Å². The molecule has 0 aliphatic heterocycles. The van der Waals surface area contributed by atoms with Crippen molar-refractivity contribution < 1.29 is 14.7 Å². The molecule has 0 bridgehead atoms. The van der Waals surface area contributed by atoms with E-state index in [4.69, 9.17) is 0 Å². The van der Waals surface area contributed by atoms with Gasteiger partial charge in [0.05, 0.1) is 0 Å². The van der Waals surface area contributed by atoms with E-state index in [0.717, 1.165) is 10.8 Å². The summed E-state index contributed by atoms with van der Waals surface area (Å²) in [7, 11) is 0. The molecule has 1 aromatic heterocycles. The highest BCUT2D eigenvalue weighted by molar-refractivity contribution is 8.13. The van der Waals surface area contributed by atoms with Gasteiger partial charge in [0, 0.05) is 30.8 Å². The van der Waals surface area contributed by atoms with Crippen molar-refractivity contribution in [3.63, 3.8) is 0 Å². The molecule has 0 aliphatic carbocycles. The summed E-state index contributed by atoms with van der Waals surface area (Å²) in [6.07, 6.45) is 1.70. The van der Waals surface area contributed by atoms with Crippen LogP contribution >= 0.6 is 11.8 Å². The molecule has 0 aliphatic rings. The Morgan fingerprint density at radius 1 is 1.30 bits per heavy atom. The molecule has 2 rings (SSSR count). The molecule has 0 amide bonds. The number of carboxylic acid groups (broad SMARTS) is 1. The quantitative estimate of drug-likeness (QED) is 0.840. The van der Waals surface area contributed by atoms with Crippen molar-refractivity contribution in [2.24, 2.45) is 5.92 Å². The first-order valence-corrected chi connectivity index (χ1v) is 8.39. The summed E-state index contributed by atoms with van der Waals surface area (Å²) in [4.78, 5) is 28.5. The van der Waals surface area contributed by atoms with Crippen LogP contribution < -0.4 is 4.90 Å². The Bertz CT molecular complexity index is 700. The number of fused-ring (bicyclic) bond motifs is 1. The van der Waals surface area contributed by atoms with Gasteiger partial charge >= 0.3 is 5.97 Å². The number of hydrogen-bond donors (Lipinski definition) is 1. The number of aromatic nitrogens is 1. The number of carboxylic acids is 1. The fourth-order valence-electron chi connectivity index (χ4n) is 2.43. The van der Waals surface area contributed by atoms with Gasteiger partial charge in [-0.25, -0.2) is 4.98 Å². The lowest BCUT2D eigenvalue weighted by molar-refractivity contribution is -0.135. The molecule has 5 nitrogen and oxygen atoms in total. The molecule has 0 spiro atoms. The Hall–Kier alpha value is -2.08. The molecular formula is C17H20N2O3S. The lowest BCUT2D eigenvalue weighted by atomic mass is 10.1. The van der Waals surface area contributed by atoms with Crippen LogP contribution in [0, 0.1) is 5.92 Å². The average molecular weight is 332 g/mol. The predicted octanol–water partition coefficient (Wildman–Crippen LogP) is 3.04. The maximum Gasteiger partial charge on any atom is 0.323 e. The molecule has 6 heteroatoms. The number of hydrogen-bond acceptors (Lipinski definition) is 5. The minimum absolute atomic E-state index is 0.0740. The Kier molecular flexibility index (Phi) is 5.98. The maximum atomic E-state index is 11.2. The molecule has 0 radical (unpaired) electrons. The van der Waals surface area contributed by atoms with Gasteiger partial charge in [-0.3, -0.25) is 9.59 Å². The summed E-state index contributed by atoms with van der Waals surface area (Å²) in [5.74, 6) is 0.608. The van der Waals surface area contributed by atoms with E-state index in [1.165, 1.54) is 11.8 Å². The Balaban J connectivity index is 2.26. The van der Waals surface area contributed by atoms with E-state index < -0.39 is 5.97 Å². The van der Waals surface area contributed by atoms with Crippen LogP contribution in [0.4, 0.5) is 5.82 Å². The number of thioether (sulfide) groups is 1. The molecule has 0 fully saturated rings. The van der Waals surface area contributed by atoms with Crippen LogP contribution in [-0.4, -0.2) is 40.0 Å². The third kappa shape index (κ3) is 4.96. The van der Waals surface area contributed by atoms with Crippen molar-refractivity contribution in [1.82, 2.24) is 4.98 Å². The largest absolute Gasteiger partial charge is 0.480 e. The molecule has 1 atom stereocenters. The summed E-state index contributed by atoms with van der Waals surface area (Å²) < 4.78 is 0. The summed E-state index contributed by atoms with van der Waals surface area (Å²) in [6, 6.07) is 9.70. The fourth-order valence-corrected chi connectivity index (χ4v) is 3.06. The number of nitrogens with zero attached hydrogens (tertiary/aromatic N) is 2. The molecule has 1 N–H and O–H groups in total. The van der Waals surface area contributed by atoms with Gasteiger partial charge in [0.2, 0.25) is 0 Å². The molecule has 2 aromatic rings. The number of carbonyl (C=O) groups excluding carboxylic acids is 1. The van der Waals surface area contributed by atoms with Gasteiger partial charge in [-0.1, -0.05) is 43.0 Å². The lowest BCUT2D eigenvalue weighted by Gasteiger charge is -2.26. The highest BCUT2D eigenvalue weighted by Crippen LogP contribution is 2.25. The normalized spacial score (nSPS) is 12.1. The summed E-state index contributed by atoms with van der Waals surface area (Å²) in [6.45, 7) is 3.97. The number of pyridine rings is 1. The first-order valence-electron chi connectivity index (χ1n) is 7.41. The zero-order valence-corrected chi connectivity index (χ0v) is 14.0. The lowest BCUT2D eigenvalue weighted by Crippen LogP contribution is -2.35. The maximum absolute atomic E-state index is 11.2. The van der Waals surface area contributed by atoms with Crippen molar-refractivity contribution in [3.05, 3.63) is 36.5 Å². The van der Waals surface area contributed by atoms with Gasteiger partial charge in [0.1, 0.15) is 12.4 Å². The minimum Gasteiger partial charge on any atom is -0.480 e. The average Bonchev–Trinajstić information content (AvgIpc) is 2.51. The topological polar surface area (TPSA) is 70.5 Å². The van der Waals surface area contributed by atoms with Gasteiger partial charge in [0.15, 0.2) is 5.12 Å². The van der Waals surface area contributed by atoms with Crippen molar-refractivity contribution in [2.75, 3.05) is 23.7 Å². The second kappa shape index (κ2) is 7.97. The highest BCUT2D eigenvalue weighted by Gasteiger charge is 2.18. The summed E-state index contributed by atoms with van der Waals surface area (Å²) in [5, 5.41) is 11.3. The molecule has 1 unspecified atom stereocenters. The minimum atomic E-state index is -0.897. The van der Waals surface area contributed by atoms with Gasteiger partial charge in [0.25, 0.3) is 0 Å². The van der Waals surface area contributed by atoms with Crippen LogP contribution in [0.3, 0.4) is 0 Å². The third-order valence-corrected chi connectivity index (χ3v) is 4.52. The van der Waals surface area contributed by atoms with Gasteiger partial charge < -0.3 is 10.0 Å². The molecule has 122 valence electrons. The van der Waals surface area contributed by atoms with Crippen LogP contribution in [-0.2, 0) is 9.59 Å². The zero-order valence-electron chi connectivity index (χ0n) is 13.2. The molecule has 0 saturated carbocycles. The monoisotopic (exact) mass is 332 g/mol. The second-order valence-electron chi connectivity index (χ2n) is 5.54. The molecule has 23 heavy (non-hydrogen) atoms. The van der Waals surface area contributed by atoms with Gasteiger partial charge in [-0.05, 0) is 17.4 Å². The number of aliphatic carboxylic acids is 1. The number of anilines is 1. The first-order chi connectivity index (χ1) is 11.0. The van der Waals surface area contributed by atoms with E-state index in [-0.39, 0.29) is 17.6 Å². The van der Waals surface area contributed by atoms with Crippen molar-refractivity contribution in [1.29, 1.82) is 0 Å². The highest BCUT2D eigenvalue weighted by atomic mass is 32.2. The van der Waals surface area contributed by atoms with E-state index in [1.807, 2.05) is 37.3 Å². The smallest absolute Gasteiger partial charge is 0.323 e. The third-order valence-electron chi connectivity index (χ3n) is 3.38. The Morgan fingerprint density at radius 2 is 2.04 bits per heavy atom. The number of carbonyl (C=O) groups is 2. The fraction of sp³-hybridized carbons (Fsp3) is 0.353. The van der Waals surface area contributed by atoms with E-state index in [2.05, 4.69) is 4.98 Å². The predicted molar refractivity (Wildman–Crippen MR) is 93.9 cm³/mol. The molecule has 1 heterocycles. The van der Waals surface area contributed by atoms with Crippen LogP contribution in [0.1, 0.15) is 13.8 Å². The van der Waals surface area contributed by atoms with Gasteiger partial charge in [-0.15, -0.1) is 0 Å². The van der Waals surface area contributed by atoms with Crippen molar-refractivity contribution in [3.8, 4) is 0 Å². The van der Waals surface area contributed by atoms with E-state index in [1.54, 1.807) is 18.0 Å². The van der Waals surface area contributed by atoms with Crippen molar-refractivity contribution >= 4 is 39.4 Å². The second-order valence-corrected chi connectivity index (χ2v) is 6.73. The Labute approximate surface area is 139 Å². The van der Waals surface area contributed by atoms with Crippen LogP contribution in [0.5, 0.6) is 0 Å². The number of rotatable bonds is 7. The Morgan fingerprint density at radius 3 is 2.74 bits per heavy atom.